The van der Waals surface area contributed by atoms with Gasteiger partial charge in [0.05, 0.1) is 13.7 Å². The summed E-state index contributed by atoms with van der Waals surface area (Å²) in [6, 6.07) is 21.2. The van der Waals surface area contributed by atoms with Gasteiger partial charge >= 0.3 is 0 Å². The van der Waals surface area contributed by atoms with Crippen molar-refractivity contribution in [2.45, 2.75) is 19.5 Å². The van der Waals surface area contributed by atoms with Crippen LogP contribution in [0.1, 0.15) is 34.5 Å². The molecule has 4 rings (SSSR count). The number of fused-ring (bicyclic) bond motifs is 1. The molecule has 31 heavy (non-hydrogen) atoms. The number of nitrogens with one attached hydrogen (secondary N) is 1. The molecule has 0 saturated heterocycles. The number of rotatable bonds is 7. The third-order valence-electron chi connectivity index (χ3n) is 5.28. The van der Waals surface area contributed by atoms with Gasteiger partial charge in [-0.15, -0.1) is 0 Å². The average Bonchev–Trinajstić information content (AvgIpc) is 3.11. The largest absolute Gasteiger partial charge is 0.496 e. The molecular weight excluding hydrogens is 392 g/mol. The summed E-state index contributed by atoms with van der Waals surface area (Å²) < 4.78 is 10.9. The molecule has 0 unspecified atom stereocenters. The van der Waals surface area contributed by atoms with E-state index in [2.05, 4.69) is 5.32 Å². The second-order valence-corrected chi connectivity index (χ2v) is 7.12. The van der Waals surface area contributed by atoms with Gasteiger partial charge in [-0.2, -0.15) is 0 Å². The van der Waals surface area contributed by atoms with Gasteiger partial charge in [-0.1, -0.05) is 36.4 Å². The summed E-state index contributed by atoms with van der Waals surface area (Å²) in [7, 11) is 1.60. The lowest BCUT2D eigenvalue weighted by Gasteiger charge is -2.25. The molecule has 3 aromatic carbocycles. The van der Waals surface area contributed by atoms with Crippen LogP contribution in [0.4, 0.5) is 5.69 Å². The Balaban J connectivity index is 1.63. The minimum Gasteiger partial charge on any atom is -0.496 e. The molecule has 158 valence electrons. The highest BCUT2D eigenvalue weighted by Gasteiger charge is 2.41. The Hall–Kier alpha value is -3.80. The van der Waals surface area contributed by atoms with Crippen molar-refractivity contribution >= 4 is 17.5 Å². The molecule has 1 atom stereocenters. The van der Waals surface area contributed by atoms with Crippen LogP contribution in [0.25, 0.3) is 0 Å². The summed E-state index contributed by atoms with van der Waals surface area (Å²) >= 11 is 0. The lowest BCUT2D eigenvalue weighted by atomic mass is 10.0. The Morgan fingerprint density at radius 2 is 1.71 bits per heavy atom. The molecule has 1 aliphatic heterocycles. The van der Waals surface area contributed by atoms with Crippen LogP contribution in [0.2, 0.25) is 0 Å². The van der Waals surface area contributed by atoms with Crippen molar-refractivity contribution in [1.29, 1.82) is 0 Å². The van der Waals surface area contributed by atoms with Crippen molar-refractivity contribution in [3.63, 3.8) is 0 Å². The first kappa shape index (κ1) is 20.5. The van der Waals surface area contributed by atoms with Gasteiger partial charge in [0.25, 0.3) is 5.91 Å². The molecule has 3 aromatic rings. The highest BCUT2D eigenvalue weighted by atomic mass is 16.5. The quantitative estimate of drug-likeness (QED) is 0.629. The van der Waals surface area contributed by atoms with E-state index >= 15 is 0 Å². The van der Waals surface area contributed by atoms with Crippen LogP contribution in [0.15, 0.2) is 72.8 Å². The van der Waals surface area contributed by atoms with E-state index in [1.165, 1.54) is 4.90 Å². The highest BCUT2D eigenvalue weighted by molar-refractivity contribution is 6.15. The van der Waals surface area contributed by atoms with Gasteiger partial charge in [-0.05, 0) is 48.9 Å². The molecule has 6 nitrogen and oxygen atoms in total. The zero-order valence-corrected chi connectivity index (χ0v) is 17.5. The van der Waals surface area contributed by atoms with Gasteiger partial charge in [0.1, 0.15) is 17.5 Å². The van der Waals surface area contributed by atoms with E-state index in [9.17, 15) is 9.59 Å². The van der Waals surface area contributed by atoms with Crippen LogP contribution in [0, 0.1) is 0 Å². The molecule has 1 aliphatic rings. The zero-order valence-electron chi connectivity index (χ0n) is 17.5. The van der Waals surface area contributed by atoms with Gasteiger partial charge in [0.2, 0.25) is 5.91 Å². The van der Waals surface area contributed by atoms with Crippen LogP contribution in [-0.2, 0) is 11.3 Å². The van der Waals surface area contributed by atoms with E-state index in [1.54, 1.807) is 37.4 Å². The number of para-hydroxylation sites is 1. The van der Waals surface area contributed by atoms with Crippen LogP contribution in [0.5, 0.6) is 11.5 Å². The topological polar surface area (TPSA) is 67.9 Å². The monoisotopic (exact) mass is 416 g/mol. The summed E-state index contributed by atoms with van der Waals surface area (Å²) in [6.45, 7) is 2.77. The fourth-order valence-corrected chi connectivity index (χ4v) is 3.84. The van der Waals surface area contributed by atoms with Crippen LogP contribution < -0.4 is 19.7 Å². The molecule has 1 N–H and O–H groups in total. The summed E-state index contributed by atoms with van der Waals surface area (Å²) in [6.07, 6.45) is 0. The molecular formula is C25H24N2O4. The van der Waals surface area contributed by atoms with Crippen molar-refractivity contribution in [3.05, 3.63) is 89.5 Å². The summed E-state index contributed by atoms with van der Waals surface area (Å²) in [4.78, 5) is 28.0. The maximum absolute atomic E-state index is 13.3. The number of nitrogens with zero attached hydrogens (tertiary/aromatic N) is 1. The standard InChI is InChI=1S/C25H24N2O4/c1-3-31-19-14-12-18(13-15-19)27-23(20-9-5-6-10-21(20)25(27)29)24(28)26-16-17-8-4-7-11-22(17)30-2/h4-15,23H,3,16H2,1-2H3,(H,26,28)/t23-/m0/s1. The maximum Gasteiger partial charge on any atom is 0.259 e. The molecule has 0 radical (unpaired) electrons. The molecule has 6 heteroatoms. The maximum atomic E-state index is 13.3. The number of hydrogen-bond acceptors (Lipinski definition) is 4. The molecule has 0 aromatic heterocycles. The van der Waals surface area contributed by atoms with Crippen molar-refractivity contribution in [2.75, 3.05) is 18.6 Å². The fraction of sp³-hybridized carbons (Fsp3) is 0.200. The highest BCUT2D eigenvalue weighted by Crippen LogP contribution is 2.38. The van der Waals surface area contributed by atoms with E-state index in [0.717, 1.165) is 5.56 Å². The van der Waals surface area contributed by atoms with E-state index in [1.807, 2.05) is 49.4 Å². The van der Waals surface area contributed by atoms with Crippen LogP contribution >= 0.6 is 0 Å². The average molecular weight is 416 g/mol. The minimum absolute atomic E-state index is 0.197. The number of amides is 2. The van der Waals surface area contributed by atoms with E-state index in [0.29, 0.717) is 41.5 Å². The molecule has 0 aliphatic carbocycles. The van der Waals surface area contributed by atoms with Crippen molar-refractivity contribution < 1.29 is 19.1 Å². The van der Waals surface area contributed by atoms with Crippen LogP contribution in [0.3, 0.4) is 0 Å². The third kappa shape index (κ3) is 3.97. The molecule has 0 saturated carbocycles. The predicted molar refractivity (Wildman–Crippen MR) is 118 cm³/mol. The minimum atomic E-state index is -0.753. The first-order valence-corrected chi connectivity index (χ1v) is 10.2. The summed E-state index contributed by atoms with van der Waals surface area (Å²) in [5, 5.41) is 2.97. The number of anilines is 1. The molecule has 1 heterocycles. The number of hydrogen-bond donors (Lipinski definition) is 1. The number of carbonyl (C=O) groups is 2. The Bertz CT molecular complexity index is 1090. The van der Waals surface area contributed by atoms with Gasteiger partial charge < -0.3 is 14.8 Å². The molecule has 0 spiro atoms. The smallest absolute Gasteiger partial charge is 0.259 e. The molecule has 2 amide bonds. The van der Waals surface area contributed by atoms with Crippen LogP contribution in [-0.4, -0.2) is 25.5 Å². The van der Waals surface area contributed by atoms with Crippen molar-refractivity contribution in [2.24, 2.45) is 0 Å². The van der Waals surface area contributed by atoms with Gasteiger partial charge in [0.15, 0.2) is 0 Å². The van der Waals surface area contributed by atoms with Gasteiger partial charge in [-0.25, -0.2) is 0 Å². The SMILES string of the molecule is CCOc1ccc(N2C(=O)c3ccccc3[C@H]2C(=O)NCc2ccccc2OC)cc1. The lowest BCUT2D eigenvalue weighted by molar-refractivity contribution is -0.122. The number of carbonyl (C=O) groups excluding carboxylic acids is 2. The Morgan fingerprint density at radius 1 is 1.00 bits per heavy atom. The Labute approximate surface area is 181 Å². The zero-order chi connectivity index (χ0) is 21.8. The summed E-state index contributed by atoms with van der Waals surface area (Å²) in [5.41, 5.74) is 2.73. The van der Waals surface area contributed by atoms with Gasteiger partial charge in [-0.3, -0.25) is 14.5 Å². The predicted octanol–water partition coefficient (Wildman–Crippen LogP) is 4.11. The third-order valence-corrected chi connectivity index (χ3v) is 5.28. The normalized spacial score (nSPS) is 14.8. The lowest BCUT2D eigenvalue weighted by Crippen LogP contribution is -2.39. The van der Waals surface area contributed by atoms with Crippen molar-refractivity contribution in [1.82, 2.24) is 5.32 Å². The second-order valence-electron chi connectivity index (χ2n) is 7.12. The number of ether oxygens (including phenoxy) is 2. The fourth-order valence-electron chi connectivity index (χ4n) is 3.84. The van der Waals surface area contributed by atoms with Gasteiger partial charge in [0, 0.05) is 23.4 Å². The van der Waals surface area contributed by atoms with E-state index in [-0.39, 0.29) is 11.8 Å². The Morgan fingerprint density at radius 3 is 2.45 bits per heavy atom. The number of benzene rings is 3. The molecule has 0 bridgehead atoms. The Kier molecular flexibility index (Phi) is 5.89. The van der Waals surface area contributed by atoms with Crippen molar-refractivity contribution in [3.8, 4) is 11.5 Å². The first-order chi connectivity index (χ1) is 15.1. The van der Waals surface area contributed by atoms with E-state index in [4.69, 9.17) is 9.47 Å². The second kappa shape index (κ2) is 8.92. The molecule has 0 fully saturated rings. The first-order valence-electron chi connectivity index (χ1n) is 10.2. The summed E-state index contributed by atoms with van der Waals surface area (Å²) in [5.74, 6) is 0.969. The van der Waals surface area contributed by atoms with E-state index < -0.39 is 6.04 Å². The number of methoxy groups -OCH3 is 1.